The average Bonchev–Trinajstić information content (AvgIpc) is 2.29. The predicted molar refractivity (Wildman–Crippen MR) is 91.4 cm³/mol. The molecular weight excluding hydrogens is 254 g/mol. The zero-order valence-electron chi connectivity index (χ0n) is 14.7. The lowest BCUT2D eigenvalue weighted by Gasteiger charge is -2.66. The largest absolute Gasteiger partial charge is 0.310 e. The lowest BCUT2D eigenvalue weighted by molar-refractivity contribution is -0.149. The second-order valence-electron chi connectivity index (χ2n) is 9.69. The second kappa shape index (κ2) is 5.11. The maximum atomic E-state index is 4.28. The summed E-state index contributed by atoms with van der Waals surface area (Å²) in [6.07, 6.45) is 11.5. The van der Waals surface area contributed by atoms with Crippen molar-refractivity contribution in [2.75, 3.05) is 6.54 Å². The van der Waals surface area contributed by atoms with Crippen molar-refractivity contribution in [2.24, 2.45) is 22.2 Å². The Morgan fingerprint density at radius 2 is 1.76 bits per heavy atom. The molecule has 0 amide bonds. The Morgan fingerprint density at radius 3 is 2.24 bits per heavy atom. The van der Waals surface area contributed by atoms with Crippen LogP contribution in [0.25, 0.3) is 0 Å². The first-order valence-electron chi connectivity index (χ1n) is 9.16. The van der Waals surface area contributed by atoms with Crippen LogP contribution >= 0.6 is 0 Å². The molecule has 1 nitrogen and oxygen atoms in total. The molecule has 1 N–H and O–H groups in total. The maximum absolute atomic E-state index is 4.28. The van der Waals surface area contributed by atoms with Crippen LogP contribution < -0.4 is 5.32 Å². The van der Waals surface area contributed by atoms with E-state index in [-0.39, 0.29) is 0 Å². The van der Waals surface area contributed by atoms with Gasteiger partial charge in [0.1, 0.15) is 0 Å². The third kappa shape index (κ3) is 2.96. The third-order valence-corrected chi connectivity index (χ3v) is 6.61. The van der Waals surface area contributed by atoms with Crippen molar-refractivity contribution in [3.63, 3.8) is 0 Å². The summed E-state index contributed by atoms with van der Waals surface area (Å²) in [5.41, 5.74) is 3.22. The van der Waals surface area contributed by atoms with Gasteiger partial charge in [0, 0.05) is 6.04 Å². The molecular formula is C20H35N. The highest BCUT2D eigenvalue weighted by molar-refractivity contribution is 5.13. The fourth-order valence-electron chi connectivity index (χ4n) is 7.08. The molecule has 0 saturated heterocycles. The molecule has 21 heavy (non-hydrogen) atoms. The van der Waals surface area contributed by atoms with Gasteiger partial charge >= 0.3 is 0 Å². The lowest BCUT2D eigenvalue weighted by atomic mass is 9.39. The van der Waals surface area contributed by atoms with E-state index >= 15 is 0 Å². The molecule has 1 heteroatoms. The molecule has 4 fully saturated rings. The van der Waals surface area contributed by atoms with E-state index in [2.05, 4.69) is 39.6 Å². The van der Waals surface area contributed by atoms with Gasteiger partial charge in [0.25, 0.3) is 0 Å². The Kier molecular flexibility index (Phi) is 3.80. The van der Waals surface area contributed by atoms with E-state index in [0.717, 1.165) is 12.5 Å². The first-order chi connectivity index (χ1) is 9.77. The highest BCUT2D eigenvalue weighted by atomic mass is 14.9. The van der Waals surface area contributed by atoms with Crippen molar-refractivity contribution < 1.29 is 0 Å². The Labute approximate surface area is 132 Å². The molecule has 0 aromatic rings. The first-order valence-corrected chi connectivity index (χ1v) is 9.16. The lowest BCUT2D eigenvalue weighted by Crippen LogP contribution is -2.56. The maximum Gasteiger partial charge on any atom is 0.0279 e. The van der Waals surface area contributed by atoms with Crippen LogP contribution in [-0.4, -0.2) is 12.6 Å². The van der Waals surface area contributed by atoms with Gasteiger partial charge in [0.2, 0.25) is 0 Å². The molecule has 4 bridgehead atoms. The minimum atomic E-state index is 0.536. The van der Waals surface area contributed by atoms with Crippen molar-refractivity contribution >= 4 is 0 Å². The Hall–Kier alpha value is -0.300. The van der Waals surface area contributed by atoms with Gasteiger partial charge < -0.3 is 5.32 Å². The van der Waals surface area contributed by atoms with Crippen molar-refractivity contribution in [1.29, 1.82) is 0 Å². The number of nitrogens with one attached hydrogen (secondary N) is 1. The second-order valence-corrected chi connectivity index (χ2v) is 9.69. The molecule has 0 heterocycles. The molecule has 4 rings (SSSR count). The number of hydrogen-bond donors (Lipinski definition) is 1. The van der Waals surface area contributed by atoms with Gasteiger partial charge in [-0.2, -0.15) is 0 Å². The zero-order valence-corrected chi connectivity index (χ0v) is 14.7. The molecule has 0 aromatic heterocycles. The fourth-order valence-corrected chi connectivity index (χ4v) is 7.08. The summed E-state index contributed by atoms with van der Waals surface area (Å²) in [4.78, 5) is 0. The molecule has 0 aromatic carbocycles. The van der Waals surface area contributed by atoms with Crippen LogP contribution in [0.4, 0.5) is 0 Å². The zero-order chi connectivity index (χ0) is 15.3. The average molecular weight is 290 g/mol. The van der Waals surface area contributed by atoms with Gasteiger partial charge in [-0.05, 0) is 87.0 Å². The smallest absolute Gasteiger partial charge is 0.0279 e. The van der Waals surface area contributed by atoms with Crippen molar-refractivity contribution in [3.05, 3.63) is 12.2 Å². The van der Waals surface area contributed by atoms with Gasteiger partial charge in [0.05, 0.1) is 0 Å². The van der Waals surface area contributed by atoms with Gasteiger partial charge in [0.15, 0.2) is 0 Å². The van der Waals surface area contributed by atoms with Crippen LogP contribution in [-0.2, 0) is 0 Å². The molecule has 4 aliphatic rings. The van der Waals surface area contributed by atoms with Crippen LogP contribution in [0.5, 0.6) is 0 Å². The molecule has 0 aliphatic heterocycles. The molecule has 3 unspecified atom stereocenters. The molecule has 0 radical (unpaired) electrons. The van der Waals surface area contributed by atoms with Crippen molar-refractivity contribution in [2.45, 2.75) is 85.1 Å². The summed E-state index contributed by atoms with van der Waals surface area (Å²) in [7, 11) is 0. The normalized spacial score (nSPS) is 45.8. The SMILES string of the molecule is C=C(C)C(CC12CC3CC(C)(CC(C)(C3)C1)C2)NCCC. The molecule has 4 aliphatic carbocycles. The van der Waals surface area contributed by atoms with Gasteiger partial charge in [-0.3, -0.25) is 0 Å². The van der Waals surface area contributed by atoms with E-state index in [1.54, 1.807) is 0 Å². The van der Waals surface area contributed by atoms with Crippen LogP contribution in [0.3, 0.4) is 0 Å². The molecule has 3 atom stereocenters. The highest BCUT2D eigenvalue weighted by Crippen LogP contribution is 2.70. The van der Waals surface area contributed by atoms with E-state index in [1.807, 2.05) is 0 Å². The summed E-state index contributed by atoms with van der Waals surface area (Å²) in [6, 6.07) is 0.536. The third-order valence-electron chi connectivity index (χ3n) is 6.61. The monoisotopic (exact) mass is 289 g/mol. The highest BCUT2D eigenvalue weighted by Gasteiger charge is 2.60. The van der Waals surface area contributed by atoms with Crippen molar-refractivity contribution in [1.82, 2.24) is 5.32 Å². The van der Waals surface area contributed by atoms with Crippen LogP contribution in [0.15, 0.2) is 12.2 Å². The summed E-state index contributed by atoms with van der Waals surface area (Å²) in [5, 5.41) is 3.77. The summed E-state index contributed by atoms with van der Waals surface area (Å²) in [6.45, 7) is 15.1. The molecule has 120 valence electrons. The van der Waals surface area contributed by atoms with Crippen LogP contribution in [0.2, 0.25) is 0 Å². The van der Waals surface area contributed by atoms with Crippen molar-refractivity contribution in [3.8, 4) is 0 Å². The van der Waals surface area contributed by atoms with Gasteiger partial charge in [-0.25, -0.2) is 0 Å². The minimum Gasteiger partial charge on any atom is -0.310 e. The Balaban J connectivity index is 1.79. The number of rotatable bonds is 6. The molecule has 0 spiro atoms. The van der Waals surface area contributed by atoms with Gasteiger partial charge in [-0.1, -0.05) is 32.9 Å². The van der Waals surface area contributed by atoms with Crippen LogP contribution in [0.1, 0.15) is 79.1 Å². The number of hydrogen-bond acceptors (Lipinski definition) is 1. The predicted octanol–water partition coefficient (Wildman–Crippen LogP) is 5.32. The standard InChI is InChI=1S/C20H35N/c1-6-7-21-17(15(2)3)11-20-10-16-8-18(4,13-20)12-19(5,9-16)14-20/h16-17,21H,2,6-14H2,1,3-5H3. The van der Waals surface area contributed by atoms with E-state index in [0.29, 0.717) is 22.3 Å². The van der Waals surface area contributed by atoms with E-state index in [4.69, 9.17) is 0 Å². The minimum absolute atomic E-state index is 0.536. The Morgan fingerprint density at radius 1 is 1.14 bits per heavy atom. The van der Waals surface area contributed by atoms with E-state index < -0.39 is 0 Å². The van der Waals surface area contributed by atoms with E-state index in [1.165, 1.54) is 56.9 Å². The Bertz CT molecular complexity index is 406. The van der Waals surface area contributed by atoms with E-state index in [9.17, 15) is 0 Å². The van der Waals surface area contributed by atoms with Crippen LogP contribution in [0, 0.1) is 22.2 Å². The molecule has 4 saturated carbocycles. The topological polar surface area (TPSA) is 12.0 Å². The summed E-state index contributed by atoms with van der Waals surface area (Å²) >= 11 is 0. The summed E-state index contributed by atoms with van der Waals surface area (Å²) < 4.78 is 0. The first kappa shape index (κ1) is 15.6. The quantitative estimate of drug-likeness (QED) is 0.653. The fraction of sp³-hybridized carbons (Fsp3) is 0.900. The van der Waals surface area contributed by atoms with Gasteiger partial charge in [-0.15, -0.1) is 0 Å². The summed E-state index contributed by atoms with van der Waals surface area (Å²) in [5.74, 6) is 1.01.